The van der Waals surface area contributed by atoms with Gasteiger partial charge in [-0.05, 0) is 23.8 Å². The molecule has 1 aromatic carbocycles. The molecule has 94 valence electrons. The Labute approximate surface area is 104 Å². The molecule has 0 saturated carbocycles. The summed E-state index contributed by atoms with van der Waals surface area (Å²) in [5.41, 5.74) is 7.72. The normalized spacial score (nSPS) is 10.1. The highest BCUT2D eigenvalue weighted by Gasteiger charge is 2.17. The summed E-state index contributed by atoms with van der Waals surface area (Å²) in [6.45, 7) is 0. The third kappa shape index (κ3) is 2.02. The van der Waals surface area contributed by atoms with Gasteiger partial charge in [0.25, 0.3) is 0 Å². The van der Waals surface area contributed by atoms with Crippen LogP contribution in [0.3, 0.4) is 0 Å². The number of hydrogen-bond donors (Lipinski definition) is 1. The zero-order valence-corrected chi connectivity index (χ0v) is 10.1. The number of anilines is 1. The number of benzene rings is 1. The summed E-state index contributed by atoms with van der Waals surface area (Å²) in [5, 5.41) is 0. The lowest BCUT2D eigenvalue weighted by molar-refractivity contribution is 0.0566. The van der Waals surface area contributed by atoms with E-state index < -0.39 is 5.97 Å². The van der Waals surface area contributed by atoms with Crippen LogP contribution in [-0.2, 0) is 4.74 Å². The fourth-order valence-corrected chi connectivity index (χ4v) is 1.69. The molecule has 18 heavy (non-hydrogen) atoms. The topological polar surface area (TPSA) is 74.7 Å². The van der Waals surface area contributed by atoms with Crippen molar-refractivity contribution in [3.05, 3.63) is 36.3 Å². The van der Waals surface area contributed by atoms with E-state index in [1.54, 1.807) is 31.4 Å². The van der Waals surface area contributed by atoms with Crippen LogP contribution in [0.5, 0.6) is 5.75 Å². The van der Waals surface area contributed by atoms with Crippen LogP contribution in [0.15, 0.2) is 34.9 Å². The number of furan rings is 1. The Balaban J connectivity index is 2.46. The van der Waals surface area contributed by atoms with Gasteiger partial charge in [0.1, 0.15) is 5.75 Å². The molecule has 2 rings (SSSR count). The zero-order valence-electron chi connectivity index (χ0n) is 10.1. The van der Waals surface area contributed by atoms with E-state index in [4.69, 9.17) is 14.9 Å². The summed E-state index contributed by atoms with van der Waals surface area (Å²) < 4.78 is 14.8. The van der Waals surface area contributed by atoms with Gasteiger partial charge in [-0.2, -0.15) is 0 Å². The van der Waals surface area contributed by atoms with Gasteiger partial charge >= 0.3 is 5.97 Å². The van der Waals surface area contributed by atoms with Crippen LogP contribution in [0, 0.1) is 0 Å². The molecule has 1 heterocycles. The predicted molar refractivity (Wildman–Crippen MR) is 66.4 cm³/mol. The summed E-state index contributed by atoms with van der Waals surface area (Å²) in [5.74, 6) is 0.216. The summed E-state index contributed by atoms with van der Waals surface area (Å²) in [7, 11) is 2.85. The molecule has 0 saturated heterocycles. The Morgan fingerprint density at radius 3 is 2.67 bits per heavy atom. The van der Waals surface area contributed by atoms with Crippen molar-refractivity contribution in [1.29, 1.82) is 0 Å². The van der Waals surface area contributed by atoms with Gasteiger partial charge in [-0.1, -0.05) is 6.07 Å². The largest absolute Gasteiger partial charge is 0.495 e. The third-order valence-electron chi connectivity index (χ3n) is 2.58. The highest BCUT2D eigenvalue weighted by molar-refractivity contribution is 5.94. The van der Waals surface area contributed by atoms with E-state index >= 15 is 0 Å². The van der Waals surface area contributed by atoms with Crippen molar-refractivity contribution in [2.24, 2.45) is 0 Å². The summed E-state index contributed by atoms with van der Waals surface area (Å²) >= 11 is 0. The van der Waals surface area contributed by atoms with E-state index in [1.165, 1.54) is 13.4 Å². The number of nitrogen functional groups attached to an aromatic ring is 1. The fraction of sp³-hybridized carbons (Fsp3) is 0.154. The first kappa shape index (κ1) is 12.0. The number of carbonyl (C=O) groups excluding carboxylic acids is 1. The first-order chi connectivity index (χ1) is 8.67. The second-order valence-electron chi connectivity index (χ2n) is 3.61. The number of nitrogens with two attached hydrogens (primary N) is 1. The van der Waals surface area contributed by atoms with Crippen LogP contribution in [0.25, 0.3) is 11.1 Å². The molecule has 0 amide bonds. The monoisotopic (exact) mass is 247 g/mol. The summed E-state index contributed by atoms with van der Waals surface area (Å²) in [6, 6.07) is 6.94. The van der Waals surface area contributed by atoms with Gasteiger partial charge in [0.2, 0.25) is 5.76 Å². The van der Waals surface area contributed by atoms with Crippen LogP contribution in [0.2, 0.25) is 0 Å². The molecule has 0 radical (unpaired) electrons. The van der Waals surface area contributed by atoms with Crippen molar-refractivity contribution in [2.45, 2.75) is 0 Å². The average molecular weight is 247 g/mol. The molecule has 0 atom stereocenters. The Bertz CT molecular complexity index is 574. The highest BCUT2D eigenvalue weighted by atomic mass is 16.5. The van der Waals surface area contributed by atoms with Gasteiger partial charge in [0.15, 0.2) is 0 Å². The maximum Gasteiger partial charge on any atom is 0.374 e. The Hall–Kier alpha value is -2.43. The lowest BCUT2D eigenvalue weighted by Gasteiger charge is -2.06. The molecule has 0 bridgehead atoms. The van der Waals surface area contributed by atoms with Crippen molar-refractivity contribution in [3.8, 4) is 16.9 Å². The molecule has 0 unspecified atom stereocenters. The minimum atomic E-state index is -0.524. The molecule has 5 nitrogen and oxygen atoms in total. The summed E-state index contributed by atoms with van der Waals surface area (Å²) in [6.07, 6.45) is 1.43. The number of esters is 1. The van der Waals surface area contributed by atoms with Crippen molar-refractivity contribution in [1.82, 2.24) is 0 Å². The second-order valence-corrected chi connectivity index (χ2v) is 3.61. The van der Waals surface area contributed by atoms with Crippen LogP contribution in [0.4, 0.5) is 5.69 Å². The molecule has 2 N–H and O–H groups in total. The molecule has 0 spiro atoms. The Morgan fingerprint density at radius 1 is 1.28 bits per heavy atom. The lowest BCUT2D eigenvalue weighted by atomic mass is 10.1. The molecular weight excluding hydrogens is 234 g/mol. The quantitative estimate of drug-likeness (QED) is 0.665. The average Bonchev–Trinajstić information content (AvgIpc) is 2.86. The molecular formula is C13H13NO4. The third-order valence-corrected chi connectivity index (χ3v) is 2.58. The van der Waals surface area contributed by atoms with Gasteiger partial charge < -0.3 is 19.6 Å². The van der Waals surface area contributed by atoms with Crippen LogP contribution in [0.1, 0.15) is 10.6 Å². The maximum absolute atomic E-state index is 11.5. The predicted octanol–water partition coefficient (Wildman–Crippen LogP) is 2.32. The van der Waals surface area contributed by atoms with Gasteiger partial charge in [-0.15, -0.1) is 0 Å². The van der Waals surface area contributed by atoms with Gasteiger partial charge in [-0.25, -0.2) is 4.79 Å². The number of methoxy groups -OCH3 is 2. The van der Waals surface area contributed by atoms with E-state index in [2.05, 4.69) is 4.74 Å². The molecule has 0 fully saturated rings. The molecule has 0 aliphatic heterocycles. The minimum absolute atomic E-state index is 0.155. The second kappa shape index (κ2) is 4.83. The minimum Gasteiger partial charge on any atom is -0.495 e. The van der Waals surface area contributed by atoms with Crippen molar-refractivity contribution >= 4 is 11.7 Å². The van der Waals surface area contributed by atoms with Crippen molar-refractivity contribution < 1.29 is 18.7 Å². The van der Waals surface area contributed by atoms with Crippen LogP contribution < -0.4 is 10.5 Å². The molecule has 1 aromatic heterocycles. The molecule has 0 aliphatic rings. The highest BCUT2D eigenvalue weighted by Crippen LogP contribution is 2.31. The van der Waals surface area contributed by atoms with Gasteiger partial charge in [0, 0.05) is 5.56 Å². The first-order valence-corrected chi connectivity index (χ1v) is 5.27. The van der Waals surface area contributed by atoms with Crippen LogP contribution >= 0.6 is 0 Å². The Morgan fingerprint density at radius 2 is 2.06 bits per heavy atom. The summed E-state index contributed by atoms with van der Waals surface area (Å²) in [4.78, 5) is 11.5. The standard InChI is InChI=1S/C13H13NO4/c1-16-11-4-3-8(7-10(11)14)9-5-6-18-12(9)13(15)17-2/h3-7H,14H2,1-2H3. The van der Waals surface area contributed by atoms with Crippen LogP contribution in [-0.4, -0.2) is 20.2 Å². The molecule has 0 aliphatic carbocycles. The molecule has 5 heteroatoms. The van der Waals surface area contributed by atoms with E-state index in [0.717, 1.165) is 5.56 Å². The van der Waals surface area contributed by atoms with Crippen molar-refractivity contribution in [3.63, 3.8) is 0 Å². The maximum atomic E-state index is 11.5. The zero-order chi connectivity index (χ0) is 13.1. The number of carbonyl (C=O) groups is 1. The SMILES string of the molecule is COC(=O)c1occc1-c1ccc(OC)c(N)c1. The smallest absolute Gasteiger partial charge is 0.374 e. The van der Waals surface area contributed by atoms with E-state index in [0.29, 0.717) is 17.0 Å². The fourth-order valence-electron chi connectivity index (χ4n) is 1.69. The number of ether oxygens (including phenoxy) is 2. The van der Waals surface area contributed by atoms with E-state index in [-0.39, 0.29) is 5.76 Å². The van der Waals surface area contributed by atoms with Gasteiger partial charge in [-0.3, -0.25) is 0 Å². The molecule has 2 aromatic rings. The first-order valence-electron chi connectivity index (χ1n) is 5.27. The van der Waals surface area contributed by atoms with Gasteiger partial charge in [0.05, 0.1) is 26.2 Å². The number of rotatable bonds is 3. The lowest BCUT2D eigenvalue weighted by Crippen LogP contribution is -2.01. The van der Waals surface area contributed by atoms with Crippen molar-refractivity contribution in [2.75, 3.05) is 20.0 Å². The van der Waals surface area contributed by atoms with E-state index in [1.807, 2.05) is 0 Å². The Kier molecular flexibility index (Phi) is 3.23. The number of hydrogen-bond acceptors (Lipinski definition) is 5. The van der Waals surface area contributed by atoms with E-state index in [9.17, 15) is 4.79 Å².